The number of anilines is 2. The van der Waals surface area contributed by atoms with Crippen LogP contribution >= 0.6 is 24.0 Å². The van der Waals surface area contributed by atoms with Gasteiger partial charge < -0.3 is 15.5 Å². The molecule has 136 valence electrons. The van der Waals surface area contributed by atoms with E-state index in [1.165, 1.54) is 22.9 Å². The van der Waals surface area contributed by atoms with Crippen molar-refractivity contribution in [1.29, 1.82) is 0 Å². The molecule has 0 fully saturated rings. The third kappa shape index (κ3) is 4.15. The first-order chi connectivity index (χ1) is 13.2. The Morgan fingerprint density at radius 2 is 1.78 bits per heavy atom. The van der Waals surface area contributed by atoms with Crippen LogP contribution in [-0.4, -0.2) is 32.1 Å². The highest BCUT2D eigenvalue weighted by atomic mass is 32.2. The third-order valence-electron chi connectivity index (χ3n) is 4.04. The van der Waals surface area contributed by atoms with Crippen molar-refractivity contribution >= 4 is 40.9 Å². The molecule has 27 heavy (non-hydrogen) atoms. The van der Waals surface area contributed by atoms with Gasteiger partial charge in [-0.05, 0) is 41.2 Å². The Morgan fingerprint density at radius 1 is 1.07 bits per heavy atom. The Labute approximate surface area is 166 Å². The van der Waals surface area contributed by atoms with Crippen LogP contribution in [0.15, 0.2) is 59.0 Å². The molecule has 0 saturated carbocycles. The van der Waals surface area contributed by atoms with Crippen molar-refractivity contribution in [3.05, 3.63) is 59.9 Å². The number of nitrogens with one attached hydrogen (secondary N) is 2. The quantitative estimate of drug-likeness (QED) is 0.394. The van der Waals surface area contributed by atoms with E-state index in [1.807, 2.05) is 6.07 Å². The van der Waals surface area contributed by atoms with E-state index in [2.05, 4.69) is 59.7 Å². The second kappa shape index (κ2) is 7.85. The molecule has 3 heterocycles. The summed E-state index contributed by atoms with van der Waals surface area (Å²) in [5.74, 6) is 1.28. The number of benzene rings is 1. The van der Waals surface area contributed by atoms with Crippen molar-refractivity contribution in [3.63, 3.8) is 0 Å². The van der Waals surface area contributed by atoms with Gasteiger partial charge in [-0.2, -0.15) is 4.98 Å². The number of hydrogen-bond donors (Lipinski definition) is 2. The Morgan fingerprint density at radius 3 is 2.44 bits per heavy atom. The number of aromatic nitrogens is 4. The second-order valence-electron chi connectivity index (χ2n) is 5.85. The van der Waals surface area contributed by atoms with E-state index in [0.717, 1.165) is 23.9 Å². The second-order valence-corrected chi connectivity index (χ2v) is 7.25. The van der Waals surface area contributed by atoms with E-state index >= 15 is 0 Å². The molecule has 0 saturated heterocycles. The van der Waals surface area contributed by atoms with E-state index in [-0.39, 0.29) is 0 Å². The van der Waals surface area contributed by atoms with E-state index in [9.17, 15) is 0 Å². The fraction of sp³-hybridized carbons (Fsp3) is 0.167. The maximum atomic E-state index is 5.20. The zero-order chi connectivity index (χ0) is 18.6. The van der Waals surface area contributed by atoms with Gasteiger partial charge in [-0.3, -0.25) is 0 Å². The summed E-state index contributed by atoms with van der Waals surface area (Å²) < 4.78 is 0. The van der Waals surface area contributed by atoms with Crippen LogP contribution in [0.1, 0.15) is 11.1 Å². The standard InChI is InChI=1S/C18H17N7S2/c1-19-17(26)24-16-22-14(25-10-12-5-2-3-6-13(12)11-25)9-15(23-16)27-18-20-7-4-8-21-18/h2-9H,10-11H2,1H3,(H2,19,22,23,24,26). The normalized spacial score (nSPS) is 12.6. The molecule has 1 aliphatic rings. The number of fused-ring (bicyclic) bond motifs is 1. The van der Waals surface area contributed by atoms with Gasteiger partial charge in [-0.1, -0.05) is 24.3 Å². The van der Waals surface area contributed by atoms with Gasteiger partial charge in [-0.25, -0.2) is 15.0 Å². The van der Waals surface area contributed by atoms with Gasteiger partial charge in [-0.15, -0.1) is 0 Å². The molecule has 0 spiro atoms. The Kier molecular flexibility index (Phi) is 5.12. The Hall–Kier alpha value is -2.78. The molecule has 3 aromatic rings. The lowest BCUT2D eigenvalue weighted by molar-refractivity contribution is 0.843. The van der Waals surface area contributed by atoms with Crippen molar-refractivity contribution in [2.24, 2.45) is 0 Å². The molecule has 0 radical (unpaired) electrons. The summed E-state index contributed by atoms with van der Waals surface area (Å²) in [5, 5.41) is 7.75. The van der Waals surface area contributed by atoms with Crippen LogP contribution in [0.25, 0.3) is 0 Å². The fourth-order valence-corrected chi connectivity index (χ4v) is 3.58. The van der Waals surface area contributed by atoms with Crippen LogP contribution in [0.2, 0.25) is 0 Å². The molecular formula is C18H17N7S2. The molecule has 4 rings (SSSR count). The first kappa shape index (κ1) is 17.6. The monoisotopic (exact) mass is 395 g/mol. The lowest BCUT2D eigenvalue weighted by Crippen LogP contribution is -2.26. The zero-order valence-corrected chi connectivity index (χ0v) is 16.2. The first-order valence-electron chi connectivity index (χ1n) is 8.35. The van der Waals surface area contributed by atoms with Crippen LogP contribution in [0.4, 0.5) is 11.8 Å². The molecular weight excluding hydrogens is 378 g/mol. The molecule has 0 unspecified atom stereocenters. The molecule has 0 bridgehead atoms. The van der Waals surface area contributed by atoms with Crippen molar-refractivity contribution < 1.29 is 0 Å². The topological polar surface area (TPSA) is 78.9 Å². The predicted molar refractivity (Wildman–Crippen MR) is 110 cm³/mol. The highest BCUT2D eigenvalue weighted by Gasteiger charge is 2.21. The first-order valence-corrected chi connectivity index (χ1v) is 9.58. The summed E-state index contributed by atoms with van der Waals surface area (Å²) in [6, 6.07) is 12.2. The summed E-state index contributed by atoms with van der Waals surface area (Å²) in [6.07, 6.45) is 3.42. The zero-order valence-electron chi connectivity index (χ0n) is 14.6. The average molecular weight is 396 g/mol. The van der Waals surface area contributed by atoms with Crippen LogP contribution in [0, 0.1) is 0 Å². The van der Waals surface area contributed by atoms with Crippen LogP contribution in [0.3, 0.4) is 0 Å². The number of hydrogen-bond acceptors (Lipinski definition) is 7. The summed E-state index contributed by atoms with van der Waals surface area (Å²) >= 11 is 6.59. The lowest BCUT2D eigenvalue weighted by Gasteiger charge is -2.18. The molecule has 2 aromatic heterocycles. The Balaban J connectivity index is 1.65. The van der Waals surface area contributed by atoms with Crippen LogP contribution in [0.5, 0.6) is 0 Å². The number of rotatable bonds is 4. The largest absolute Gasteiger partial charge is 0.365 e. The minimum absolute atomic E-state index is 0.446. The van der Waals surface area contributed by atoms with Gasteiger partial charge in [0.05, 0.1) is 0 Å². The van der Waals surface area contributed by atoms with Gasteiger partial charge in [0.1, 0.15) is 10.8 Å². The molecule has 0 amide bonds. The van der Waals surface area contributed by atoms with Gasteiger partial charge in [0.15, 0.2) is 10.3 Å². The van der Waals surface area contributed by atoms with Crippen molar-refractivity contribution in [1.82, 2.24) is 25.3 Å². The van der Waals surface area contributed by atoms with Crippen molar-refractivity contribution in [2.75, 3.05) is 17.3 Å². The van der Waals surface area contributed by atoms with E-state index in [4.69, 9.17) is 12.2 Å². The molecule has 1 aliphatic heterocycles. The molecule has 2 N–H and O–H groups in total. The summed E-state index contributed by atoms with van der Waals surface area (Å²) in [5.41, 5.74) is 2.63. The smallest absolute Gasteiger partial charge is 0.232 e. The third-order valence-corrected chi connectivity index (χ3v) is 5.16. The van der Waals surface area contributed by atoms with Crippen LogP contribution in [-0.2, 0) is 13.1 Å². The van der Waals surface area contributed by atoms with Gasteiger partial charge >= 0.3 is 0 Å². The molecule has 9 heteroatoms. The fourth-order valence-electron chi connectivity index (χ4n) is 2.77. The Bertz CT molecular complexity index is 940. The maximum absolute atomic E-state index is 5.20. The summed E-state index contributed by atoms with van der Waals surface area (Å²) in [4.78, 5) is 19.9. The maximum Gasteiger partial charge on any atom is 0.232 e. The molecule has 0 aliphatic carbocycles. The predicted octanol–water partition coefficient (Wildman–Crippen LogP) is 2.85. The highest BCUT2D eigenvalue weighted by molar-refractivity contribution is 7.99. The SMILES string of the molecule is CNC(=S)Nc1nc(Sc2ncccn2)cc(N2Cc3ccccc3C2)n1. The molecule has 7 nitrogen and oxygen atoms in total. The van der Waals surface area contributed by atoms with Crippen LogP contribution < -0.4 is 15.5 Å². The van der Waals surface area contributed by atoms with Crippen molar-refractivity contribution in [2.45, 2.75) is 23.3 Å². The van der Waals surface area contributed by atoms with Gasteiger partial charge in [0.25, 0.3) is 0 Å². The van der Waals surface area contributed by atoms with Gasteiger partial charge in [0.2, 0.25) is 5.95 Å². The van der Waals surface area contributed by atoms with Gasteiger partial charge in [0, 0.05) is 38.6 Å². The highest BCUT2D eigenvalue weighted by Crippen LogP contribution is 2.31. The summed E-state index contributed by atoms with van der Waals surface area (Å²) in [6.45, 7) is 1.63. The average Bonchev–Trinajstić information content (AvgIpc) is 3.13. The minimum Gasteiger partial charge on any atom is -0.365 e. The lowest BCUT2D eigenvalue weighted by atomic mass is 10.1. The van der Waals surface area contributed by atoms with E-state index in [1.54, 1.807) is 25.5 Å². The minimum atomic E-state index is 0.446. The number of thiocarbonyl (C=S) groups is 1. The molecule has 0 atom stereocenters. The summed E-state index contributed by atoms with van der Waals surface area (Å²) in [7, 11) is 1.75. The van der Waals surface area contributed by atoms with Crippen molar-refractivity contribution in [3.8, 4) is 0 Å². The molecule has 1 aromatic carbocycles. The number of nitrogens with zero attached hydrogens (tertiary/aromatic N) is 5. The van der Waals surface area contributed by atoms with E-state index < -0.39 is 0 Å². The van der Waals surface area contributed by atoms with E-state index in [0.29, 0.717) is 16.2 Å².